The molecule has 9 aromatic heterocycles. The third kappa shape index (κ3) is 12.8. The fourth-order valence-corrected chi connectivity index (χ4v) is 16.5. The molecule has 0 amide bonds. The highest BCUT2D eigenvalue weighted by atomic mass is 19.4. The lowest BCUT2D eigenvalue weighted by Crippen LogP contribution is -2.36. The molecule has 0 spiro atoms. The van der Waals surface area contributed by atoms with Crippen LogP contribution in [0.1, 0.15) is 55.0 Å². The van der Waals surface area contributed by atoms with Gasteiger partial charge in [0.05, 0.1) is 80.6 Å². The first kappa shape index (κ1) is 69.4. The minimum atomic E-state index is -4.59. The maximum Gasteiger partial charge on any atom is 0.418 e. The number of alkyl halides is 3. The lowest BCUT2D eigenvalue weighted by atomic mass is 9.97. The highest BCUT2D eigenvalue weighted by Gasteiger charge is 2.58. The number of halogens is 3. The van der Waals surface area contributed by atoms with E-state index >= 15 is 0 Å². The summed E-state index contributed by atoms with van der Waals surface area (Å²) >= 11 is 0. The molecule has 109 heavy (non-hydrogen) atoms. The monoisotopic (exact) mass is 1460 g/mol. The van der Waals surface area contributed by atoms with Crippen LogP contribution in [0.3, 0.4) is 0 Å². The zero-order valence-electron chi connectivity index (χ0n) is 60.7. The number of Topliss-reactive ketones (excluding diaryl/α,β-unsaturated/α-hetero) is 1. The zero-order chi connectivity index (χ0) is 75.3. The Bertz CT molecular complexity index is 6050. The molecule has 6 aromatic carbocycles. The Morgan fingerprint density at radius 2 is 0.844 bits per heavy atom. The number of benzene rings is 6. The van der Waals surface area contributed by atoms with E-state index in [4.69, 9.17) is 25.3 Å². The Kier molecular flexibility index (Phi) is 17.6. The van der Waals surface area contributed by atoms with Gasteiger partial charge in [0.1, 0.15) is 40.3 Å². The summed E-state index contributed by atoms with van der Waals surface area (Å²) in [7, 11) is 3.74. The van der Waals surface area contributed by atoms with E-state index in [0.29, 0.717) is 97.6 Å². The molecule has 2 N–H and O–H groups in total. The lowest BCUT2D eigenvalue weighted by Gasteiger charge is -2.31. The highest BCUT2D eigenvalue weighted by Crippen LogP contribution is 2.53. The van der Waals surface area contributed by atoms with Crippen molar-refractivity contribution < 1.29 is 37.8 Å². The number of pyridine rings is 4. The number of carbonyl (C=O) groups excluding carboxylic acids is 1. The average Bonchev–Trinajstić information content (AvgIpc) is 1.63. The van der Waals surface area contributed by atoms with Crippen molar-refractivity contribution in [3.05, 3.63) is 211 Å². The summed E-state index contributed by atoms with van der Waals surface area (Å²) in [6, 6.07) is 48.5. The van der Waals surface area contributed by atoms with Gasteiger partial charge in [0.25, 0.3) is 0 Å². The number of hydrogen-bond donors (Lipinski definition) is 2. The molecule has 548 valence electrons. The van der Waals surface area contributed by atoms with Crippen LogP contribution in [-0.2, 0) is 34.7 Å². The van der Waals surface area contributed by atoms with Gasteiger partial charge >= 0.3 is 18.1 Å². The molecule has 25 heteroatoms. The van der Waals surface area contributed by atoms with Crippen molar-refractivity contribution in [3.63, 3.8) is 0 Å². The summed E-state index contributed by atoms with van der Waals surface area (Å²) in [5.74, 6) is 1.97. The van der Waals surface area contributed by atoms with Gasteiger partial charge in [0, 0.05) is 133 Å². The normalized spacial score (nSPS) is 16.8. The number of anilines is 3. The topological polar surface area (TPSA) is 242 Å². The largest absolute Gasteiger partial charge is 0.481 e. The number of aliphatic carboxylic acids is 2. The lowest BCUT2D eigenvalue weighted by molar-refractivity contribution is -0.143. The van der Waals surface area contributed by atoms with Gasteiger partial charge in [-0.2, -0.15) is 38.7 Å². The molecule has 19 rings (SSSR count). The standard InChI is InChI=1S/C29H27N5O2.C28H26N6O.C27H23F3N6O2/c1-18-5-3-8-24-27(23-7-4-6-21-16-30-19(2)15-25(21)23)32-34(28(18)24)22-9-10-26(31-17-22)33-13-11-20(12-14-33)29(35)36;1-16-6-4-8-20-27(19-7-5-9-24-21(19)13-32(3)30-24)31-34(28(16)20)18-10-11-25(29-12-18)33-14-22-23(15-33)26(22)17(2)35;1-34-15-20-18(4-3-7-22(20)32-34)24-19-5-2-6-21(27(28,29)30)25(19)36(33-24)17-8-9-23(31-14-17)35-12-10-16(11-13-35)26(37)38/h3-10,15-17,20H,11-14H2,1-2H3,(H,35,36);4-13,22-23,26H,14-15H2,1-3H3;2-9,14-16H,10-13H2,1H3,(H,37,38). The van der Waals surface area contributed by atoms with Crippen LogP contribution in [0.2, 0.25) is 0 Å². The van der Waals surface area contributed by atoms with Crippen LogP contribution in [0.5, 0.6) is 0 Å². The number of rotatable bonds is 12. The molecule has 3 aliphatic heterocycles. The van der Waals surface area contributed by atoms with Crippen LogP contribution in [0.15, 0.2) is 189 Å². The number of carboxylic acids is 2. The van der Waals surface area contributed by atoms with Crippen molar-refractivity contribution >= 4 is 100 Å². The van der Waals surface area contributed by atoms with Crippen molar-refractivity contribution in [1.82, 2.24) is 68.8 Å². The number of ketones is 1. The van der Waals surface area contributed by atoms with Crippen molar-refractivity contribution in [3.8, 4) is 50.8 Å². The van der Waals surface area contributed by atoms with Crippen LogP contribution < -0.4 is 14.7 Å². The summed E-state index contributed by atoms with van der Waals surface area (Å²) in [6.45, 7) is 12.3. The van der Waals surface area contributed by atoms with Crippen molar-refractivity contribution in [2.75, 3.05) is 54.0 Å². The van der Waals surface area contributed by atoms with Gasteiger partial charge in [-0.1, -0.05) is 91.0 Å². The molecule has 1 saturated carbocycles. The van der Waals surface area contributed by atoms with E-state index in [0.717, 1.165) is 130 Å². The van der Waals surface area contributed by atoms with E-state index < -0.39 is 23.7 Å². The van der Waals surface area contributed by atoms with Crippen molar-refractivity contribution in [2.45, 2.75) is 59.6 Å². The van der Waals surface area contributed by atoms with Gasteiger partial charge in [-0.05, 0) is 142 Å². The molecule has 12 heterocycles. The van der Waals surface area contributed by atoms with Gasteiger partial charge in [-0.15, -0.1) is 0 Å². The Hall–Kier alpha value is -12.7. The van der Waals surface area contributed by atoms with E-state index in [1.54, 1.807) is 36.9 Å². The molecular weight excluding hydrogens is 1380 g/mol. The van der Waals surface area contributed by atoms with E-state index in [-0.39, 0.29) is 23.3 Å². The Labute approximate surface area is 623 Å². The van der Waals surface area contributed by atoms with Gasteiger partial charge in [0.15, 0.2) is 0 Å². The van der Waals surface area contributed by atoms with E-state index in [1.165, 1.54) is 22.5 Å². The summed E-state index contributed by atoms with van der Waals surface area (Å²) < 4.78 is 51.3. The van der Waals surface area contributed by atoms with E-state index in [9.17, 15) is 37.8 Å². The first-order valence-electron chi connectivity index (χ1n) is 36.6. The Balaban J connectivity index is 0.000000120. The predicted octanol–water partition coefficient (Wildman–Crippen LogP) is 15.4. The van der Waals surface area contributed by atoms with Gasteiger partial charge in [0.2, 0.25) is 0 Å². The molecule has 0 radical (unpaired) electrons. The summed E-state index contributed by atoms with van der Waals surface area (Å²) in [5, 5.41) is 49.1. The SMILES string of the molecule is CC(=O)C1C2CN(c3ccc(-n4nc(-c5cccc6nn(C)cc56)c5cccc(C)c54)cn3)CC21.Cc1cc2c(-c3nn(-c4ccc(N5CCC(C(=O)O)CC5)nc4)c4c(C)cccc34)cccc2cn1.Cn1cc2c(-c3nn(-c4ccc(N5CCC(C(=O)O)CC5)nc4)c4c(C(F)(F)F)cccc34)cccc2n1. The summed E-state index contributed by atoms with van der Waals surface area (Å²) in [6.07, 6.45) is 8.81. The molecule has 22 nitrogen and oxygen atoms in total. The average molecular weight is 1460 g/mol. The Morgan fingerprint density at radius 1 is 0.440 bits per heavy atom. The van der Waals surface area contributed by atoms with E-state index in [1.807, 2.05) is 100 Å². The molecule has 15 aromatic rings. The third-order valence-electron chi connectivity index (χ3n) is 22.1. The van der Waals surface area contributed by atoms with Crippen LogP contribution in [-0.4, -0.2) is 136 Å². The second-order valence-corrected chi connectivity index (χ2v) is 29.0. The number of piperidine rings is 3. The Morgan fingerprint density at radius 3 is 1.27 bits per heavy atom. The molecule has 2 atom stereocenters. The molecule has 2 unspecified atom stereocenters. The van der Waals surface area contributed by atoms with Crippen LogP contribution in [0, 0.1) is 50.4 Å². The number of aromatic nitrogens is 14. The van der Waals surface area contributed by atoms with Gasteiger partial charge in [-0.25, -0.2) is 29.0 Å². The molecule has 1 aliphatic carbocycles. The van der Waals surface area contributed by atoms with Crippen molar-refractivity contribution in [1.29, 1.82) is 0 Å². The minimum Gasteiger partial charge on any atom is -0.481 e. The summed E-state index contributed by atoms with van der Waals surface area (Å²) in [5.41, 5.74) is 13.6. The second-order valence-electron chi connectivity index (χ2n) is 29.0. The predicted molar refractivity (Wildman–Crippen MR) is 414 cm³/mol. The number of nitrogens with zero attached hydrogens (tertiary/aromatic N) is 17. The molecular formula is C84H76F3N17O5. The number of carboxylic acid groups (broad SMARTS) is 2. The maximum absolute atomic E-state index is 14.2. The first-order chi connectivity index (χ1) is 52.7. The smallest absolute Gasteiger partial charge is 0.418 e. The van der Waals surface area contributed by atoms with Crippen molar-refractivity contribution in [2.24, 2.45) is 43.7 Å². The van der Waals surface area contributed by atoms with E-state index in [2.05, 4.69) is 129 Å². The fourth-order valence-electron chi connectivity index (χ4n) is 16.5. The zero-order valence-corrected chi connectivity index (χ0v) is 60.7. The van der Waals surface area contributed by atoms with Crippen LogP contribution >= 0.6 is 0 Å². The number of carbonyl (C=O) groups is 3. The molecule has 4 aliphatic rings. The quantitative estimate of drug-likeness (QED) is 0.115. The fraction of sp³-hybridized carbons (Fsp3) is 0.262. The number of hydrogen-bond acceptors (Lipinski definition) is 15. The second kappa shape index (κ2) is 27.6. The number of aryl methyl sites for hydroxylation is 5. The van der Waals surface area contributed by atoms with Gasteiger partial charge in [-0.3, -0.25) is 28.7 Å². The molecule has 3 saturated heterocycles. The summed E-state index contributed by atoms with van der Waals surface area (Å²) in [4.78, 5) is 59.2. The first-order valence-corrected chi connectivity index (χ1v) is 36.6. The van der Waals surface area contributed by atoms with Gasteiger partial charge < -0.3 is 24.9 Å². The minimum absolute atomic E-state index is 0.0484. The van der Waals surface area contributed by atoms with Crippen LogP contribution in [0.25, 0.3) is 116 Å². The molecule has 4 fully saturated rings. The highest BCUT2D eigenvalue weighted by molar-refractivity contribution is 6.07. The number of fused-ring (bicyclic) bond motifs is 7. The number of para-hydroxylation sites is 3. The maximum atomic E-state index is 14.2. The molecule has 0 bridgehead atoms. The third-order valence-corrected chi connectivity index (χ3v) is 22.1. The van der Waals surface area contributed by atoms with Crippen LogP contribution in [0.4, 0.5) is 30.6 Å².